The molecule has 4 rings (SSSR count). The van der Waals surface area contributed by atoms with Gasteiger partial charge in [-0.15, -0.1) is 0 Å². The predicted octanol–water partition coefficient (Wildman–Crippen LogP) is 7.16. The molecule has 2 fully saturated rings. The molecule has 7 atom stereocenters. The lowest BCUT2D eigenvalue weighted by molar-refractivity contribution is -0.165. The first-order chi connectivity index (χ1) is 17.6. The summed E-state index contributed by atoms with van der Waals surface area (Å²) in [6, 6.07) is 2.14. The van der Waals surface area contributed by atoms with Crippen LogP contribution in [0.5, 0.6) is 0 Å². The van der Waals surface area contributed by atoms with Crippen LogP contribution in [0.1, 0.15) is 107 Å². The highest BCUT2D eigenvalue weighted by molar-refractivity contribution is 6.02. The zero-order valence-electron chi connectivity index (χ0n) is 24.8. The molecule has 0 N–H and O–H groups in total. The minimum Gasteiger partial charge on any atom is -0.466 e. The molecule has 5 nitrogen and oxygen atoms in total. The van der Waals surface area contributed by atoms with Crippen molar-refractivity contribution in [1.82, 2.24) is 0 Å². The lowest BCUT2D eigenvalue weighted by Gasteiger charge is -2.61. The Hall–Kier alpha value is -2.22. The van der Waals surface area contributed by atoms with Crippen LogP contribution in [0.2, 0.25) is 0 Å². The second kappa shape index (κ2) is 9.46. The van der Waals surface area contributed by atoms with Gasteiger partial charge in [0.05, 0.1) is 17.6 Å². The van der Waals surface area contributed by atoms with Crippen LogP contribution in [0.3, 0.4) is 0 Å². The maximum atomic E-state index is 13.5. The van der Waals surface area contributed by atoms with E-state index in [9.17, 15) is 19.6 Å². The van der Waals surface area contributed by atoms with Gasteiger partial charge < -0.3 is 4.74 Å². The Kier molecular flexibility index (Phi) is 7.16. The van der Waals surface area contributed by atoms with E-state index < -0.39 is 10.8 Å². The van der Waals surface area contributed by atoms with Gasteiger partial charge in [-0.3, -0.25) is 14.4 Å². The Morgan fingerprint density at radius 2 is 1.76 bits per heavy atom. The SMILES string of the molecule is CCOC(=O)[C@]1(CC[C@]2(C)CC(=O)C=C3[C@@]4(C)C=C(C#N)C(=O)[C@@H](C)[C@@H]4CC[C@]32C)CCC(C)(C)CC1C. The molecular formula is C33H47NO4. The lowest BCUT2D eigenvalue weighted by atomic mass is 9.41. The number of carbonyl (C=O) groups is 3. The van der Waals surface area contributed by atoms with Crippen molar-refractivity contribution in [2.24, 2.45) is 44.8 Å². The summed E-state index contributed by atoms with van der Waals surface area (Å²) in [6.45, 7) is 17.6. The molecule has 0 saturated heterocycles. The number of hydrogen-bond donors (Lipinski definition) is 0. The first-order valence-electron chi connectivity index (χ1n) is 14.7. The van der Waals surface area contributed by atoms with Crippen LogP contribution in [-0.2, 0) is 19.1 Å². The highest BCUT2D eigenvalue weighted by Crippen LogP contribution is 2.68. The zero-order valence-corrected chi connectivity index (χ0v) is 24.8. The van der Waals surface area contributed by atoms with Crippen LogP contribution in [-0.4, -0.2) is 24.1 Å². The van der Waals surface area contributed by atoms with E-state index in [4.69, 9.17) is 4.74 Å². The number of ketones is 2. The molecular weight excluding hydrogens is 474 g/mol. The van der Waals surface area contributed by atoms with Gasteiger partial charge in [-0.05, 0) is 86.0 Å². The van der Waals surface area contributed by atoms with Crippen molar-refractivity contribution in [2.75, 3.05) is 6.61 Å². The largest absolute Gasteiger partial charge is 0.466 e. The van der Waals surface area contributed by atoms with E-state index >= 15 is 0 Å². The normalized spacial score (nSPS) is 42.2. The molecule has 0 amide bonds. The number of fused-ring (bicyclic) bond motifs is 3. The summed E-state index contributed by atoms with van der Waals surface area (Å²) in [5.41, 5.74) is -0.138. The summed E-state index contributed by atoms with van der Waals surface area (Å²) < 4.78 is 5.69. The minimum atomic E-state index is -0.532. The topological polar surface area (TPSA) is 84.2 Å². The van der Waals surface area contributed by atoms with Crippen molar-refractivity contribution in [3.05, 3.63) is 23.3 Å². The van der Waals surface area contributed by atoms with Gasteiger partial charge in [0, 0.05) is 17.8 Å². The number of hydrogen-bond acceptors (Lipinski definition) is 5. The van der Waals surface area contributed by atoms with E-state index in [1.54, 1.807) is 0 Å². The summed E-state index contributed by atoms with van der Waals surface area (Å²) in [5.74, 6) is -0.00178. The number of Topliss-reactive ketones (excluding diaryl/α,β-unsaturated/α-hetero) is 1. The van der Waals surface area contributed by atoms with Crippen molar-refractivity contribution >= 4 is 17.5 Å². The van der Waals surface area contributed by atoms with Gasteiger partial charge in [0.2, 0.25) is 0 Å². The van der Waals surface area contributed by atoms with Crippen LogP contribution < -0.4 is 0 Å². The molecule has 0 heterocycles. The van der Waals surface area contributed by atoms with Crippen molar-refractivity contribution in [2.45, 2.75) is 107 Å². The number of ether oxygens (including phenoxy) is 1. The highest BCUT2D eigenvalue weighted by atomic mass is 16.5. The molecule has 4 aliphatic carbocycles. The average molecular weight is 522 g/mol. The smallest absolute Gasteiger partial charge is 0.312 e. The molecule has 5 heteroatoms. The second-order valence-corrected chi connectivity index (χ2v) is 14.5. The van der Waals surface area contributed by atoms with E-state index in [0.717, 1.165) is 44.1 Å². The number of nitrogens with zero attached hydrogens (tertiary/aromatic N) is 1. The summed E-state index contributed by atoms with van der Waals surface area (Å²) >= 11 is 0. The molecule has 208 valence electrons. The Labute approximate surface area is 229 Å². The average Bonchev–Trinajstić information content (AvgIpc) is 2.82. The van der Waals surface area contributed by atoms with E-state index in [1.807, 2.05) is 26.0 Å². The Balaban J connectivity index is 1.73. The summed E-state index contributed by atoms with van der Waals surface area (Å²) in [4.78, 5) is 39.8. The third-order valence-corrected chi connectivity index (χ3v) is 11.8. The molecule has 1 unspecified atom stereocenters. The maximum Gasteiger partial charge on any atom is 0.312 e. The molecule has 0 radical (unpaired) electrons. The quantitative estimate of drug-likeness (QED) is 0.358. The third-order valence-electron chi connectivity index (χ3n) is 11.8. The van der Waals surface area contributed by atoms with Crippen molar-refractivity contribution in [1.29, 1.82) is 5.26 Å². The lowest BCUT2D eigenvalue weighted by Crippen LogP contribution is -2.56. The maximum absolute atomic E-state index is 13.5. The molecule has 0 aromatic heterocycles. The summed E-state index contributed by atoms with van der Waals surface area (Å²) in [6.07, 6.45) is 10.2. The minimum absolute atomic E-state index is 0.0744. The fraction of sp³-hybridized carbons (Fsp3) is 0.758. The van der Waals surface area contributed by atoms with Crippen molar-refractivity contribution in [3.8, 4) is 6.07 Å². The van der Waals surface area contributed by atoms with Crippen molar-refractivity contribution < 1.29 is 19.1 Å². The molecule has 38 heavy (non-hydrogen) atoms. The monoisotopic (exact) mass is 521 g/mol. The van der Waals surface area contributed by atoms with Crippen LogP contribution in [0, 0.1) is 56.2 Å². The van der Waals surface area contributed by atoms with Crippen LogP contribution in [0.25, 0.3) is 0 Å². The molecule has 0 aromatic rings. The second-order valence-electron chi connectivity index (χ2n) is 14.5. The predicted molar refractivity (Wildman–Crippen MR) is 148 cm³/mol. The van der Waals surface area contributed by atoms with Crippen LogP contribution >= 0.6 is 0 Å². The van der Waals surface area contributed by atoms with Gasteiger partial charge in [-0.25, -0.2) is 0 Å². The number of nitriles is 1. The Bertz CT molecular complexity index is 1140. The number of carbonyl (C=O) groups excluding carboxylic acids is 3. The van der Waals surface area contributed by atoms with E-state index in [1.165, 1.54) is 0 Å². The molecule has 0 spiro atoms. The Morgan fingerprint density at radius 3 is 2.37 bits per heavy atom. The zero-order chi connectivity index (χ0) is 28.3. The van der Waals surface area contributed by atoms with Gasteiger partial charge in [0.1, 0.15) is 6.07 Å². The first kappa shape index (κ1) is 28.8. The Morgan fingerprint density at radius 1 is 1.08 bits per heavy atom. The summed E-state index contributed by atoms with van der Waals surface area (Å²) in [5, 5.41) is 9.74. The fourth-order valence-corrected chi connectivity index (χ4v) is 9.10. The van der Waals surface area contributed by atoms with Crippen LogP contribution in [0.15, 0.2) is 23.3 Å². The van der Waals surface area contributed by atoms with Gasteiger partial charge in [0.15, 0.2) is 11.6 Å². The highest BCUT2D eigenvalue weighted by Gasteiger charge is 2.61. The van der Waals surface area contributed by atoms with Crippen LogP contribution in [0.4, 0.5) is 0 Å². The number of rotatable bonds is 5. The van der Waals surface area contributed by atoms with Gasteiger partial charge in [-0.2, -0.15) is 5.26 Å². The van der Waals surface area contributed by atoms with Gasteiger partial charge in [0.25, 0.3) is 0 Å². The van der Waals surface area contributed by atoms with Gasteiger partial charge in [-0.1, -0.05) is 60.1 Å². The standard InChI is InChI=1S/C33H47NO4/c1-9-38-28(37)33(14-12-29(4,5)17-21(33)2)15-13-30(6)19-24(35)16-26-31(7)18-23(20-34)27(36)22(3)25(31)10-11-32(26,30)8/h16,18,21-22,25H,9-15,17,19H2,1-8H3/t21?,22-,25-,30+,31-,32+,33-/m0/s1. The molecule has 0 aromatic carbocycles. The number of esters is 1. The molecule has 0 aliphatic heterocycles. The molecule has 4 aliphatic rings. The number of allylic oxidation sites excluding steroid dienone is 4. The molecule has 2 saturated carbocycles. The van der Waals surface area contributed by atoms with Gasteiger partial charge >= 0.3 is 5.97 Å². The first-order valence-corrected chi connectivity index (χ1v) is 14.7. The van der Waals surface area contributed by atoms with E-state index in [0.29, 0.717) is 19.4 Å². The van der Waals surface area contributed by atoms with E-state index in [-0.39, 0.29) is 57.1 Å². The summed E-state index contributed by atoms with van der Waals surface area (Å²) in [7, 11) is 0. The fourth-order valence-electron chi connectivity index (χ4n) is 9.10. The van der Waals surface area contributed by atoms with Crippen molar-refractivity contribution in [3.63, 3.8) is 0 Å². The van der Waals surface area contributed by atoms with E-state index in [2.05, 4.69) is 47.6 Å². The third kappa shape index (κ3) is 4.22. The molecule has 0 bridgehead atoms.